The molecule has 0 unspecified atom stereocenters. The lowest BCUT2D eigenvalue weighted by molar-refractivity contribution is -0.301. The normalized spacial score (nSPS) is 43.7. The molecule has 2 bridgehead atoms. The number of ether oxygens (including phenoxy) is 3. The molecule has 1 aromatic rings. The van der Waals surface area contributed by atoms with E-state index < -0.39 is 29.0 Å². The van der Waals surface area contributed by atoms with E-state index in [0.717, 1.165) is 17.6 Å². The molecule has 5 aliphatic rings. The molecule has 2 heterocycles. The van der Waals surface area contributed by atoms with Crippen molar-refractivity contribution in [3.8, 4) is 6.01 Å². The number of ketones is 1. The van der Waals surface area contributed by atoms with Crippen molar-refractivity contribution in [3.05, 3.63) is 48.3 Å². The van der Waals surface area contributed by atoms with Crippen LogP contribution < -0.4 is 4.74 Å². The van der Waals surface area contributed by atoms with Gasteiger partial charge in [0, 0.05) is 24.9 Å². The van der Waals surface area contributed by atoms with Crippen molar-refractivity contribution in [2.45, 2.75) is 78.1 Å². The molecule has 7 heteroatoms. The number of carbonyl (C=O) groups excluding carboxylic acids is 1. The number of aliphatic hydroxyl groups is 1. The van der Waals surface area contributed by atoms with E-state index in [-0.39, 0.29) is 29.0 Å². The van der Waals surface area contributed by atoms with Gasteiger partial charge in [-0.2, -0.15) is 0 Å². The number of fused-ring (bicyclic) bond motifs is 5. The number of allylic oxidation sites excluding steroid dienone is 2. The zero-order valence-corrected chi connectivity index (χ0v) is 22.2. The number of hydrogen-bond donors (Lipinski definition) is 1. The summed E-state index contributed by atoms with van der Waals surface area (Å²) < 4.78 is 21.0. The number of hydrogen-bond acceptors (Lipinski definition) is 6. The van der Waals surface area contributed by atoms with Gasteiger partial charge in [-0.15, -0.1) is 6.58 Å². The molecule has 3 fully saturated rings. The molecule has 7 nitrogen and oxygen atoms in total. The number of nitrogens with zero attached hydrogens (tertiary/aromatic N) is 2. The quantitative estimate of drug-likeness (QED) is 0.635. The first-order valence-electron chi connectivity index (χ1n) is 13.2. The van der Waals surface area contributed by atoms with E-state index in [4.69, 9.17) is 14.2 Å². The summed E-state index contributed by atoms with van der Waals surface area (Å²) in [6.45, 7) is 17.0. The van der Waals surface area contributed by atoms with Crippen LogP contribution in [0.3, 0.4) is 0 Å². The highest BCUT2D eigenvalue weighted by atomic mass is 16.7. The van der Waals surface area contributed by atoms with Crippen LogP contribution in [0.2, 0.25) is 0 Å². The molecular weight excluding hydrogens is 456 g/mol. The van der Waals surface area contributed by atoms with Crippen LogP contribution in [-0.4, -0.2) is 50.6 Å². The summed E-state index contributed by atoms with van der Waals surface area (Å²) >= 11 is 0. The monoisotopic (exact) mass is 494 g/mol. The third kappa shape index (κ3) is 2.91. The molecule has 0 radical (unpaired) electrons. The van der Waals surface area contributed by atoms with E-state index in [0.29, 0.717) is 25.1 Å². The summed E-state index contributed by atoms with van der Waals surface area (Å²) in [4.78, 5) is 19.1. The summed E-state index contributed by atoms with van der Waals surface area (Å²) in [6, 6.07) is 0.383. The summed E-state index contributed by atoms with van der Waals surface area (Å²) in [5.41, 5.74) is -1.04. The van der Waals surface area contributed by atoms with Crippen molar-refractivity contribution >= 4 is 5.78 Å². The van der Waals surface area contributed by atoms with Gasteiger partial charge in [-0.25, -0.2) is 4.98 Å². The highest BCUT2D eigenvalue weighted by Gasteiger charge is 2.77. The Morgan fingerprint density at radius 3 is 2.81 bits per heavy atom. The minimum atomic E-state index is -1.65. The minimum Gasteiger partial charge on any atom is -0.454 e. The van der Waals surface area contributed by atoms with E-state index >= 15 is 0 Å². The van der Waals surface area contributed by atoms with Gasteiger partial charge in [0.15, 0.2) is 23.3 Å². The fraction of sp³-hybridized carbons (Fsp3) is 0.655. The molecule has 36 heavy (non-hydrogen) atoms. The summed E-state index contributed by atoms with van der Waals surface area (Å²) in [7, 11) is 0. The highest BCUT2D eigenvalue weighted by molar-refractivity contribution is 5.95. The second-order valence-electron chi connectivity index (χ2n) is 12.6. The zero-order valence-electron chi connectivity index (χ0n) is 22.2. The molecule has 0 aromatic carbocycles. The van der Waals surface area contributed by atoms with Crippen molar-refractivity contribution in [1.82, 2.24) is 9.55 Å². The molecule has 0 amide bonds. The van der Waals surface area contributed by atoms with Crippen LogP contribution in [-0.2, 0) is 20.8 Å². The highest BCUT2D eigenvalue weighted by Crippen LogP contribution is 2.72. The Kier molecular flexibility index (Phi) is 4.98. The molecule has 2 saturated carbocycles. The molecular formula is C29H38N2O5. The largest absolute Gasteiger partial charge is 0.454 e. The van der Waals surface area contributed by atoms with Gasteiger partial charge in [0.05, 0.1) is 12.0 Å². The first kappa shape index (κ1) is 24.1. The first-order chi connectivity index (χ1) is 16.9. The minimum absolute atomic E-state index is 0.0822. The predicted octanol–water partition coefficient (Wildman–Crippen LogP) is 4.08. The van der Waals surface area contributed by atoms with Crippen LogP contribution >= 0.6 is 0 Å². The summed E-state index contributed by atoms with van der Waals surface area (Å²) in [5.74, 6) is -0.533. The van der Waals surface area contributed by atoms with Crippen molar-refractivity contribution in [2.75, 3.05) is 6.61 Å². The SMILES string of the molecule is C=CCn1ccnc1O[C@H]1C(C)=C[C@]23C(=O)[C@@H](C=C4COC(C)(C)O[C@H]4[C@]12O)[C@H]1[C@@H](C[C@H]3C)C1(C)C. The predicted molar refractivity (Wildman–Crippen MR) is 134 cm³/mol. The number of carbonyl (C=O) groups is 1. The number of aromatic nitrogens is 2. The van der Waals surface area contributed by atoms with Gasteiger partial charge in [0.2, 0.25) is 0 Å². The van der Waals surface area contributed by atoms with Crippen molar-refractivity contribution in [3.63, 3.8) is 0 Å². The topological polar surface area (TPSA) is 82.8 Å². The maximum absolute atomic E-state index is 14.7. The first-order valence-corrected chi connectivity index (χ1v) is 13.2. The smallest absolute Gasteiger partial charge is 0.297 e. The van der Waals surface area contributed by atoms with Gasteiger partial charge < -0.3 is 19.3 Å². The maximum Gasteiger partial charge on any atom is 0.297 e. The number of Topliss-reactive ketones (excluding diaryl/α,β-unsaturated/α-hetero) is 1. The van der Waals surface area contributed by atoms with Gasteiger partial charge in [0.25, 0.3) is 6.01 Å². The van der Waals surface area contributed by atoms with Crippen LogP contribution in [0.4, 0.5) is 0 Å². The third-order valence-corrected chi connectivity index (χ3v) is 9.90. The number of imidazole rings is 1. The Balaban J connectivity index is 1.54. The fourth-order valence-corrected chi connectivity index (χ4v) is 8.10. The average Bonchev–Trinajstić information content (AvgIpc) is 3.06. The average molecular weight is 495 g/mol. The van der Waals surface area contributed by atoms with Gasteiger partial charge in [0.1, 0.15) is 6.10 Å². The Bertz CT molecular complexity index is 1190. The zero-order chi connectivity index (χ0) is 25.8. The lowest BCUT2D eigenvalue weighted by Crippen LogP contribution is -2.68. The molecule has 1 aliphatic heterocycles. The van der Waals surface area contributed by atoms with E-state index in [1.54, 1.807) is 12.3 Å². The summed E-state index contributed by atoms with van der Waals surface area (Å²) in [5, 5.41) is 13.1. The Hall–Kier alpha value is -2.22. The molecule has 1 spiro atoms. The Labute approximate surface area is 213 Å². The Morgan fingerprint density at radius 2 is 2.08 bits per heavy atom. The molecule has 194 valence electrons. The van der Waals surface area contributed by atoms with Crippen LogP contribution in [0.5, 0.6) is 6.01 Å². The molecule has 1 saturated heterocycles. The van der Waals surface area contributed by atoms with E-state index in [1.165, 1.54) is 0 Å². The Morgan fingerprint density at radius 1 is 1.33 bits per heavy atom. The molecule has 1 N–H and O–H groups in total. The van der Waals surface area contributed by atoms with Crippen molar-refractivity contribution in [1.29, 1.82) is 0 Å². The van der Waals surface area contributed by atoms with E-state index in [2.05, 4.69) is 38.4 Å². The van der Waals surface area contributed by atoms with Gasteiger partial charge in [-0.3, -0.25) is 9.36 Å². The van der Waals surface area contributed by atoms with E-state index in [1.807, 2.05) is 37.6 Å². The van der Waals surface area contributed by atoms with Crippen LogP contribution in [0.25, 0.3) is 0 Å². The van der Waals surface area contributed by atoms with Crippen molar-refractivity contribution < 1.29 is 24.1 Å². The van der Waals surface area contributed by atoms with Crippen molar-refractivity contribution in [2.24, 2.45) is 34.5 Å². The lowest BCUT2D eigenvalue weighted by atomic mass is 9.59. The maximum atomic E-state index is 14.7. The van der Waals surface area contributed by atoms with Gasteiger partial charge in [-0.05, 0) is 61.5 Å². The second-order valence-corrected chi connectivity index (χ2v) is 12.6. The van der Waals surface area contributed by atoms with Crippen LogP contribution in [0, 0.1) is 34.5 Å². The third-order valence-electron chi connectivity index (χ3n) is 9.90. The van der Waals surface area contributed by atoms with Crippen LogP contribution in [0.15, 0.2) is 48.3 Å². The summed E-state index contributed by atoms with van der Waals surface area (Å²) in [6.07, 6.45) is 8.67. The van der Waals surface area contributed by atoms with Gasteiger partial charge >= 0.3 is 0 Å². The van der Waals surface area contributed by atoms with Crippen LogP contribution in [0.1, 0.15) is 48.0 Å². The molecule has 6 rings (SSSR count). The number of rotatable bonds is 4. The lowest BCUT2D eigenvalue weighted by Gasteiger charge is -2.52. The standard InChI is InChI=1S/C29H38N2O5/c1-8-10-31-11-9-30-25(31)35-23-16(2)14-28-17(3)12-20-21(26(20,4)5)19(22(28)32)13-18-15-34-27(6,7)36-24(18)29(23,28)33/h8-9,11,13-14,17,19-21,23-24,33H,1,10,12,15H2,2-7H3/t17-,19+,20-,21+,23+,24-,28+,29-/m1/s1. The molecule has 1 aromatic heterocycles. The second kappa shape index (κ2) is 7.42. The fourth-order valence-electron chi connectivity index (χ4n) is 8.10. The van der Waals surface area contributed by atoms with E-state index in [9.17, 15) is 9.90 Å². The molecule has 4 aliphatic carbocycles. The molecule has 8 atom stereocenters. The van der Waals surface area contributed by atoms with Gasteiger partial charge in [-0.1, -0.05) is 39.0 Å².